The second kappa shape index (κ2) is 8.26. The van der Waals surface area contributed by atoms with Crippen LogP contribution in [0, 0.1) is 0 Å². The number of carboxylic acid groups (broad SMARTS) is 1. The molecule has 0 aromatic heterocycles. The van der Waals surface area contributed by atoms with Crippen LogP contribution < -0.4 is 10.6 Å². The molecule has 0 heterocycles. The first-order valence-electron chi connectivity index (χ1n) is 7.01. The summed E-state index contributed by atoms with van der Waals surface area (Å²) >= 11 is 0. The van der Waals surface area contributed by atoms with Crippen LogP contribution in [0.4, 0.5) is 10.5 Å². The number of aliphatic carboxylic acids is 1. The third-order valence-electron chi connectivity index (χ3n) is 3.32. The first-order chi connectivity index (χ1) is 9.99. The normalized spacial score (nSPS) is 11.8. The fraction of sp³-hybridized carbons (Fsp3) is 0.467. The number of hydrogen-bond donors (Lipinski definition) is 3. The van der Waals surface area contributed by atoms with E-state index in [9.17, 15) is 9.59 Å². The number of benzene rings is 1. The number of carbonyl (C=O) groups excluding carboxylic acids is 1. The van der Waals surface area contributed by atoms with Crippen LogP contribution in [0.2, 0.25) is 0 Å². The molecule has 0 radical (unpaired) electrons. The molecule has 6 nitrogen and oxygen atoms in total. The number of nitrogens with zero attached hydrogens (tertiary/aromatic N) is 1. The van der Waals surface area contributed by atoms with Crippen molar-refractivity contribution in [1.29, 1.82) is 0 Å². The zero-order chi connectivity index (χ0) is 15.8. The first kappa shape index (κ1) is 17.0. The Morgan fingerprint density at radius 1 is 1.33 bits per heavy atom. The second-order valence-electron chi connectivity index (χ2n) is 4.90. The van der Waals surface area contributed by atoms with Crippen molar-refractivity contribution in [2.45, 2.75) is 32.9 Å². The lowest BCUT2D eigenvalue weighted by Crippen LogP contribution is -2.44. The van der Waals surface area contributed by atoms with Crippen LogP contribution in [-0.4, -0.2) is 41.6 Å². The zero-order valence-electron chi connectivity index (χ0n) is 12.7. The number of nitrogens with one attached hydrogen (secondary N) is 2. The summed E-state index contributed by atoms with van der Waals surface area (Å²) < 4.78 is 0. The van der Waals surface area contributed by atoms with Crippen LogP contribution in [0.25, 0.3) is 0 Å². The molecule has 0 saturated heterocycles. The maximum atomic E-state index is 12.3. The van der Waals surface area contributed by atoms with E-state index >= 15 is 0 Å². The standard InChI is InChI=1S/C15H23N3O3/c1-4-11(2)18(10-14(19)20)15(21)17-13-8-6-5-7-12(13)9-16-3/h5-8,11,16H,4,9-10H2,1-3H3,(H,17,21)(H,19,20). The Morgan fingerprint density at radius 3 is 2.57 bits per heavy atom. The maximum absolute atomic E-state index is 12.3. The molecule has 21 heavy (non-hydrogen) atoms. The summed E-state index contributed by atoms with van der Waals surface area (Å²) in [5.41, 5.74) is 1.64. The van der Waals surface area contributed by atoms with E-state index in [1.165, 1.54) is 4.90 Å². The minimum absolute atomic E-state index is 0.141. The quantitative estimate of drug-likeness (QED) is 0.719. The monoisotopic (exact) mass is 293 g/mol. The number of para-hydroxylation sites is 1. The number of hydrogen-bond acceptors (Lipinski definition) is 3. The van der Waals surface area contributed by atoms with Crippen molar-refractivity contribution in [3.63, 3.8) is 0 Å². The van der Waals surface area contributed by atoms with E-state index in [0.717, 1.165) is 5.56 Å². The number of anilines is 1. The molecule has 2 amide bonds. The predicted molar refractivity (Wildman–Crippen MR) is 82.3 cm³/mol. The van der Waals surface area contributed by atoms with Gasteiger partial charge < -0.3 is 20.6 Å². The van der Waals surface area contributed by atoms with E-state index < -0.39 is 12.0 Å². The van der Waals surface area contributed by atoms with Gasteiger partial charge in [0.1, 0.15) is 6.54 Å². The average molecular weight is 293 g/mol. The van der Waals surface area contributed by atoms with E-state index in [2.05, 4.69) is 10.6 Å². The number of carbonyl (C=O) groups is 2. The minimum Gasteiger partial charge on any atom is -0.480 e. The molecule has 0 spiro atoms. The third kappa shape index (κ3) is 5.07. The van der Waals surface area contributed by atoms with Gasteiger partial charge >= 0.3 is 12.0 Å². The average Bonchev–Trinajstić information content (AvgIpc) is 2.46. The van der Waals surface area contributed by atoms with E-state index in [1.807, 2.05) is 39.1 Å². The molecule has 1 atom stereocenters. The lowest BCUT2D eigenvalue weighted by atomic mass is 10.1. The van der Waals surface area contributed by atoms with Gasteiger partial charge in [-0.2, -0.15) is 0 Å². The molecule has 1 aromatic rings. The summed E-state index contributed by atoms with van der Waals surface area (Å²) in [6.07, 6.45) is 0.693. The highest BCUT2D eigenvalue weighted by atomic mass is 16.4. The SMILES string of the molecule is CCC(C)N(CC(=O)O)C(=O)Nc1ccccc1CNC. The lowest BCUT2D eigenvalue weighted by Gasteiger charge is -2.27. The summed E-state index contributed by atoms with van der Waals surface area (Å²) in [5, 5.41) is 14.8. The van der Waals surface area contributed by atoms with Crippen molar-refractivity contribution in [1.82, 2.24) is 10.2 Å². The fourth-order valence-electron chi connectivity index (χ4n) is 1.97. The van der Waals surface area contributed by atoms with Gasteiger partial charge in [0.25, 0.3) is 0 Å². The smallest absolute Gasteiger partial charge is 0.323 e. The Bertz CT molecular complexity index is 491. The van der Waals surface area contributed by atoms with Gasteiger partial charge in [-0.05, 0) is 32.0 Å². The molecular formula is C15H23N3O3. The minimum atomic E-state index is -1.02. The molecule has 0 aliphatic rings. The molecule has 1 rings (SSSR count). The van der Waals surface area contributed by atoms with Gasteiger partial charge in [-0.3, -0.25) is 4.79 Å². The molecular weight excluding hydrogens is 270 g/mol. The lowest BCUT2D eigenvalue weighted by molar-refractivity contribution is -0.138. The highest BCUT2D eigenvalue weighted by Gasteiger charge is 2.22. The molecule has 0 aliphatic heterocycles. The topological polar surface area (TPSA) is 81.7 Å². The largest absolute Gasteiger partial charge is 0.480 e. The van der Waals surface area contributed by atoms with Crippen molar-refractivity contribution in [2.24, 2.45) is 0 Å². The molecule has 0 bridgehead atoms. The molecule has 0 fully saturated rings. The number of urea groups is 1. The van der Waals surface area contributed by atoms with Crippen LogP contribution in [0.1, 0.15) is 25.8 Å². The summed E-state index contributed by atoms with van der Waals surface area (Å²) in [5.74, 6) is -1.02. The zero-order valence-corrected chi connectivity index (χ0v) is 12.7. The highest BCUT2D eigenvalue weighted by Crippen LogP contribution is 2.16. The molecule has 1 aromatic carbocycles. The molecule has 3 N–H and O–H groups in total. The summed E-state index contributed by atoms with van der Waals surface area (Å²) in [4.78, 5) is 24.6. The van der Waals surface area contributed by atoms with E-state index in [1.54, 1.807) is 6.07 Å². The van der Waals surface area contributed by atoms with Gasteiger partial charge in [-0.25, -0.2) is 4.79 Å². The Balaban J connectivity index is 2.88. The predicted octanol–water partition coefficient (Wildman–Crippen LogP) is 2.12. The first-order valence-corrected chi connectivity index (χ1v) is 7.01. The third-order valence-corrected chi connectivity index (χ3v) is 3.32. The molecule has 6 heteroatoms. The number of carboxylic acids is 1. The van der Waals surface area contributed by atoms with Crippen LogP contribution in [0.5, 0.6) is 0 Å². The molecule has 116 valence electrons. The van der Waals surface area contributed by atoms with E-state index in [4.69, 9.17) is 5.11 Å². The van der Waals surface area contributed by atoms with Gasteiger partial charge in [0.15, 0.2) is 0 Å². The van der Waals surface area contributed by atoms with Crippen LogP contribution in [-0.2, 0) is 11.3 Å². The van der Waals surface area contributed by atoms with Crippen LogP contribution in [0.3, 0.4) is 0 Å². The summed E-state index contributed by atoms with van der Waals surface area (Å²) in [7, 11) is 1.83. The van der Waals surface area contributed by atoms with E-state index in [-0.39, 0.29) is 12.6 Å². The van der Waals surface area contributed by atoms with Crippen molar-refractivity contribution in [2.75, 3.05) is 18.9 Å². The number of rotatable bonds is 7. The second-order valence-corrected chi connectivity index (χ2v) is 4.90. The van der Waals surface area contributed by atoms with Crippen LogP contribution >= 0.6 is 0 Å². The van der Waals surface area contributed by atoms with Gasteiger partial charge in [0.05, 0.1) is 0 Å². The fourth-order valence-corrected chi connectivity index (χ4v) is 1.97. The molecule has 0 saturated carbocycles. The maximum Gasteiger partial charge on any atom is 0.323 e. The van der Waals surface area contributed by atoms with Crippen molar-refractivity contribution in [3.8, 4) is 0 Å². The van der Waals surface area contributed by atoms with Gasteiger partial charge in [-0.1, -0.05) is 25.1 Å². The Hall–Kier alpha value is -2.08. The van der Waals surface area contributed by atoms with Gasteiger partial charge in [0, 0.05) is 18.3 Å². The highest BCUT2D eigenvalue weighted by molar-refractivity contribution is 5.92. The Labute approximate surface area is 125 Å². The van der Waals surface area contributed by atoms with Gasteiger partial charge in [-0.15, -0.1) is 0 Å². The van der Waals surface area contributed by atoms with Crippen molar-refractivity contribution >= 4 is 17.7 Å². The molecule has 0 aliphatic carbocycles. The van der Waals surface area contributed by atoms with Gasteiger partial charge in [0.2, 0.25) is 0 Å². The Kier molecular flexibility index (Phi) is 6.68. The number of amides is 2. The summed E-state index contributed by atoms with van der Waals surface area (Å²) in [6, 6.07) is 6.91. The molecule has 1 unspecified atom stereocenters. The van der Waals surface area contributed by atoms with Crippen molar-refractivity contribution < 1.29 is 14.7 Å². The van der Waals surface area contributed by atoms with Crippen molar-refractivity contribution in [3.05, 3.63) is 29.8 Å². The summed E-state index contributed by atoms with van der Waals surface area (Å²) in [6.45, 7) is 4.07. The van der Waals surface area contributed by atoms with E-state index in [0.29, 0.717) is 18.7 Å². The van der Waals surface area contributed by atoms with Crippen LogP contribution in [0.15, 0.2) is 24.3 Å². The Morgan fingerprint density at radius 2 is 2.00 bits per heavy atom.